The third-order valence-corrected chi connectivity index (χ3v) is 16.0. The van der Waals surface area contributed by atoms with E-state index in [1.54, 1.807) is 0 Å². The molecule has 0 spiro atoms. The van der Waals surface area contributed by atoms with Crippen LogP contribution in [0.5, 0.6) is 0 Å². The molecule has 0 aromatic rings. The van der Waals surface area contributed by atoms with Crippen molar-refractivity contribution in [1.82, 2.24) is 0 Å². The number of rotatable bonds is 2. The van der Waals surface area contributed by atoms with E-state index in [0.29, 0.717) is 35.9 Å². The molecule has 5 heteroatoms. The second kappa shape index (κ2) is 7.40. The van der Waals surface area contributed by atoms with Crippen LogP contribution in [0.3, 0.4) is 0 Å². The normalized spacial score (nSPS) is 49.2. The molecule has 1 aliphatic heterocycles. The minimum Gasteiger partial charge on any atom is -0.413 e. The smallest absolute Gasteiger partial charge is 0.192 e. The topological polar surface area (TPSA) is 44.8 Å². The summed E-state index contributed by atoms with van der Waals surface area (Å²) in [6.07, 6.45) is 8.13. The van der Waals surface area contributed by atoms with Gasteiger partial charge in [-0.05, 0) is 93.7 Å². The van der Waals surface area contributed by atoms with Crippen LogP contribution in [0.1, 0.15) is 93.4 Å². The van der Waals surface area contributed by atoms with Crippen molar-refractivity contribution >= 4 is 14.1 Å². The number of hydrogen-bond acceptors (Lipinski definition) is 4. The monoisotopic (exact) mass is 476 g/mol. The van der Waals surface area contributed by atoms with Crippen LogP contribution in [0.4, 0.5) is 0 Å². The number of carbonyl (C=O) groups is 1. The molecule has 1 saturated heterocycles. The van der Waals surface area contributed by atoms with Crippen LogP contribution in [0.2, 0.25) is 18.1 Å². The highest BCUT2D eigenvalue weighted by atomic mass is 28.4. The Hall–Kier alpha value is -0.233. The van der Waals surface area contributed by atoms with E-state index in [-0.39, 0.29) is 28.8 Å². The summed E-state index contributed by atoms with van der Waals surface area (Å²) in [5.74, 6) is 1.60. The number of carbonyl (C=O) groups excluding carboxylic acids is 1. The van der Waals surface area contributed by atoms with Gasteiger partial charge >= 0.3 is 0 Å². The molecule has 0 N–H and O–H groups in total. The molecule has 33 heavy (non-hydrogen) atoms. The molecule has 5 fully saturated rings. The van der Waals surface area contributed by atoms with Crippen molar-refractivity contribution in [2.45, 2.75) is 136 Å². The summed E-state index contributed by atoms with van der Waals surface area (Å²) in [5.41, 5.74) is -0.210. The van der Waals surface area contributed by atoms with E-state index in [9.17, 15) is 4.79 Å². The minimum atomic E-state index is -1.97. The maximum atomic E-state index is 14.1. The predicted molar refractivity (Wildman–Crippen MR) is 133 cm³/mol. The highest BCUT2D eigenvalue weighted by Crippen LogP contribution is 2.68. The summed E-state index contributed by atoms with van der Waals surface area (Å²) in [4.78, 5) is 14.1. The molecule has 188 valence electrons. The van der Waals surface area contributed by atoms with Gasteiger partial charge in [0.05, 0.1) is 23.7 Å². The van der Waals surface area contributed by atoms with Crippen LogP contribution in [0, 0.1) is 34.5 Å². The molecule has 5 rings (SSSR count). The molecule has 5 aliphatic rings. The molecule has 7 unspecified atom stereocenters. The van der Waals surface area contributed by atoms with Crippen LogP contribution >= 0.6 is 0 Å². The van der Waals surface area contributed by atoms with Crippen LogP contribution in [-0.2, 0) is 18.7 Å². The number of ketones is 1. The molecule has 1 heterocycles. The Morgan fingerprint density at radius 2 is 1.58 bits per heavy atom. The van der Waals surface area contributed by atoms with Gasteiger partial charge in [-0.1, -0.05) is 40.5 Å². The minimum absolute atomic E-state index is 0.0440. The Labute approximate surface area is 203 Å². The molecule has 9 atom stereocenters. The van der Waals surface area contributed by atoms with Gasteiger partial charge in [-0.3, -0.25) is 4.79 Å². The Kier molecular flexibility index (Phi) is 5.48. The lowest BCUT2D eigenvalue weighted by Gasteiger charge is -2.62. The zero-order chi connectivity index (χ0) is 24.2. The molecular formula is C28H48O4Si. The van der Waals surface area contributed by atoms with Crippen molar-refractivity contribution in [3.63, 3.8) is 0 Å². The number of fused-ring (bicyclic) bond motifs is 8. The number of ether oxygens (including phenoxy) is 2. The Morgan fingerprint density at radius 3 is 2.24 bits per heavy atom. The van der Waals surface area contributed by atoms with Crippen molar-refractivity contribution in [3.05, 3.63) is 0 Å². The van der Waals surface area contributed by atoms with Gasteiger partial charge in [-0.25, -0.2) is 0 Å². The predicted octanol–water partition coefficient (Wildman–Crippen LogP) is 6.73. The lowest BCUT2D eigenvalue weighted by Crippen LogP contribution is -2.65. The maximum Gasteiger partial charge on any atom is 0.192 e. The summed E-state index contributed by atoms with van der Waals surface area (Å²) in [7, 11) is -1.97. The van der Waals surface area contributed by atoms with Gasteiger partial charge in [-0.15, -0.1) is 0 Å². The van der Waals surface area contributed by atoms with Crippen LogP contribution in [0.15, 0.2) is 0 Å². The Morgan fingerprint density at radius 1 is 0.909 bits per heavy atom. The standard InChI is InChI=1S/C28H48O4Si/c1-25(2,3)33(8,9)32-21-14-13-17-22-19(16-20(29)28(17,21)7)27(6)15-11-10-12-18(27)23-24(22)31-26(4,5)30-23/h17-19,21-24H,10-16H2,1-9H3/t17?,18?,19?,21?,22?,23?,24?,27-,28+/m0/s1. The molecule has 0 bridgehead atoms. The number of Topliss-reactive ketones (excluding diaryl/α,β-unsaturated/α-hetero) is 1. The summed E-state index contributed by atoms with van der Waals surface area (Å²) in [6.45, 7) is 20.5. The van der Waals surface area contributed by atoms with E-state index in [1.165, 1.54) is 25.7 Å². The average molecular weight is 477 g/mol. The van der Waals surface area contributed by atoms with E-state index in [1.807, 2.05) is 0 Å². The molecular weight excluding hydrogens is 428 g/mol. The van der Waals surface area contributed by atoms with Gasteiger partial charge in [0.25, 0.3) is 0 Å². The van der Waals surface area contributed by atoms with Gasteiger partial charge in [0.1, 0.15) is 5.78 Å². The van der Waals surface area contributed by atoms with Crippen molar-refractivity contribution in [1.29, 1.82) is 0 Å². The summed E-state index contributed by atoms with van der Waals surface area (Å²) < 4.78 is 20.4. The maximum absolute atomic E-state index is 14.1. The molecule has 0 amide bonds. The molecule has 4 nitrogen and oxygen atoms in total. The SMILES string of the molecule is CC1(C)OC2C(O1)C1CCCC[C@]1(C)C1CC(=O)[C@]3(C)C(O[Si](C)(C)C(C)(C)C)CCC3C21. The molecule has 0 radical (unpaired) electrons. The molecule has 4 aliphatic carbocycles. The van der Waals surface area contributed by atoms with Crippen molar-refractivity contribution in [3.8, 4) is 0 Å². The lowest BCUT2D eigenvalue weighted by atomic mass is 9.43. The van der Waals surface area contributed by atoms with Crippen LogP contribution in [0.25, 0.3) is 0 Å². The van der Waals surface area contributed by atoms with E-state index in [2.05, 4.69) is 61.6 Å². The van der Waals surface area contributed by atoms with E-state index >= 15 is 0 Å². The first kappa shape index (κ1) is 24.5. The first-order chi connectivity index (χ1) is 15.1. The fourth-order valence-corrected chi connectivity index (χ4v) is 10.1. The highest BCUT2D eigenvalue weighted by molar-refractivity contribution is 6.74. The van der Waals surface area contributed by atoms with Crippen molar-refractivity contribution in [2.24, 2.45) is 34.5 Å². The van der Waals surface area contributed by atoms with Gasteiger partial charge in [-0.2, -0.15) is 0 Å². The second-order valence-corrected chi connectivity index (χ2v) is 19.3. The van der Waals surface area contributed by atoms with E-state index in [0.717, 1.165) is 12.8 Å². The summed E-state index contributed by atoms with van der Waals surface area (Å²) in [5, 5.41) is 0.146. The Balaban J connectivity index is 1.53. The van der Waals surface area contributed by atoms with Crippen molar-refractivity contribution in [2.75, 3.05) is 0 Å². The lowest BCUT2D eigenvalue weighted by molar-refractivity contribution is -0.187. The zero-order valence-electron chi connectivity index (χ0n) is 22.6. The molecule has 0 aromatic carbocycles. The van der Waals surface area contributed by atoms with Crippen LogP contribution in [-0.4, -0.2) is 38.2 Å². The zero-order valence-corrected chi connectivity index (χ0v) is 23.6. The fraction of sp³-hybridized carbons (Fsp3) is 0.964. The van der Waals surface area contributed by atoms with E-state index in [4.69, 9.17) is 13.9 Å². The summed E-state index contributed by atoms with van der Waals surface area (Å²) >= 11 is 0. The molecule has 0 aromatic heterocycles. The average Bonchev–Trinajstić information content (AvgIpc) is 3.18. The fourth-order valence-electron chi connectivity index (χ4n) is 8.64. The highest BCUT2D eigenvalue weighted by Gasteiger charge is 2.70. The van der Waals surface area contributed by atoms with Gasteiger partial charge in [0, 0.05) is 6.42 Å². The Bertz CT molecular complexity index is 815. The van der Waals surface area contributed by atoms with Gasteiger partial charge < -0.3 is 13.9 Å². The van der Waals surface area contributed by atoms with Crippen LogP contribution < -0.4 is 0 Å². The first-order valence-electron chi connectivity index (χ1n) is 13.7. The first-order valence-corrected chi connectivity index (χ1v) is 16.6. The largest absolute Gasteiger partial charge is 0.413 e. The van der Waals surface area contributed by atoms with Gasteiger partial charge in [0.2, 0.25) is 0 Å². The van der Waals surface area contributed by atoms with Gasteiger partial charge in [0.15, 0.2) is 14.1 Å². The second-order valence-electron chi connectivity index (χ2n) is 14.6. The molecule has 4 saturated carbocycles. The summed E-state index contributed by atoms with van der Waals surface area (Å²) in [6, 6.07) is 0. The quantitative estimate of drug-likeness (QED) is 0.415. The number of hydrogen-bond donors (Lipinski definition) is 0. The van der Waals surface area contributed by atoms with Crippen molar-refractivity contribution < 1.29 is 18.7 Å². The third-order valence-electron chi connectivity index (χ3n) is 11.5. The third kappa shape index (κ3) is 3.42. The van der Waals surface area contributed by atoms with E-state index < -0.39 is 19.5 Å².